The summed E-state index contributed by atoms with van der Waals surface area (Å²) in [7, 11) is -3.51. The Bertz CT molecular complexity index is 447. The van der Waals surface area contributed by atoms with Crippen LogP contribution in [0.15, 0.2) is 23.4 Å². The van der Waals surface area contributed by atoms with E-state index in [-0.39, 0.29) is 5.03 Å². The van der Waals surface area contributed by atoms with Crippen molar-refractivity contribution >= 4 is 10.0 Å². The van der Waals surface area contributed by atoms with Crippen molar-refractivity contribution in [3.05, 3.63) is 23.9 Å². The largest absolute Gasteiger partial charge is 0.258 e. The van der Waals surface area contributed by atoms with Crippen LogP contribution in [0.25, 0.3) is 0 Å². The summed E-state index contributed by atoms with van der Waals surface area (Å²) < 4.78 is 26.4. The number of hydrogen-bond donors (Lipinski definition) is 1. The van der Waals surface area contributed by atoms with Gasteiger partial charge in [-0.15, -0.1) is 0 Å². The van der Waals surface area contributed by atoms with Crippen molar-refractivity contribution in [2.75, 3.05) is 0 Å². The molecule has 0 bridgehead atoms. The fraction of sp³-hybridized carbons (Fsp3) is 0.500. The zero-order valence-corrected chi connectivity index (χ0v) is 10.2. The molecule has 4 nitrogen and oxygen atoms in total. The highest BCUT2D eigenvalue weighted by Gasteiger charge is 2.24. The van der Waals surface area contributed by atoms with E-state index in [4.69, 9.17) is 0 Å². The van der Waals surface area contributed by atoms with Gasteiger partial charge in [0.05, 0.1) is 0 Å². The van der Waals surface area contributed by atoms with E-state index in [1.165, 1.54) is 6.20 Å². The maximum absolute atomic E-state index is 11.9. The van der Waals surface area contributed by atoms with E-state index in [1.54, 1.807) is 39.8 Å². The molecule has 0 atom stereocenters. The number of aromatic nitrogens is 1. The summed E-state index contributed by atoms with van der Waals surface area (Å²) >= 11 is 0. The lowest BCUT2D eigenvalue weighted by Gasteiger charge is -2.20. The summed E-state index contributed by atoms with van der Waals surface area (Å²) in [6.45, 7) is 7.11. The van der Waals surface area contributed by atoms with Crippen LogP contribution in [0.3, 0.4) is 0 Å². The van der Waals surface area contributed by atoms with Crippen LogP contribution in [-0.2, 0) is 10.0 Å². The van der Waals surface area contributed by atoms with Crippen molar-refractivity contribution < 1.29 is 8.42 Å². The molecule has 1 aromatic rings. The zero-order chi connectivity index (χ0) is 11.7. The normalized spacial score (nSPS) is 12.8. The van der Waals surface area contributed by atoms with Crippen molar-refractivity contribution in [3.63, 3.8) is 0 Å². The van der Waals surface area contributed by atoms with Crippen LogP contribution in [0, 0.1) is 6.92 Å². The maximum Gasteiger partial charge on any atom is 0.258 e. The van der Waals surface area contributed by atoms with Gasteiger partial charge in [0, 0.05) is 11.7 Å². The molecule has 84 valence electrons. The molecule has 0 aliphatic carbocycles. The van der Waals surface area contributed by atoms with Crippen molar-refractivity contribution in [2.45, 2.75) is 38.3 Å². The first-order chi connectivity index (χ1) is 6.72. The minimum atomic E-state index is -3.51. The fourth-order valence-electron chi connectivity index (χ4n) is 1.20. The molecule has 0 saturated heterocycles. The maximum atomic E-state index is 11.9. The van der Waals surface area contributed by atoms with E-state index in [0.717, 1.165) is 0 Å². The number of sulfonamides is 1. The van der Waals surface area contributed by atoms with E-state index in [2.05, 4.69) is 9.71 Å². The molecule has 5 heteroatoms. The van der Waals surface area contributed by atoms with Crippen molar-refractivity contribution in [1.29, 1.82) is 0 Å². The number of nitrogens with one attached hydrogen (secondary N) is 1. The van der Waals surface area contributed by atoms with Crippen LogP contribution in [0.4, 0.5) is 0 Å². The summed E-state index contributed by atoms with van der Waals surface area (Å²) in [4.78, 5) is 3.88. The van der Waals surface area contributed by atoms with Gasteiger partial charge in [0.2, 0.25) is 0 Å². The number of pyridine rings is 1. The van der Waals surface area contributed by atoms with Gasteiger partial charge in [0.25, 0.3) is 10.0 Å². The van der Waals surface area contributed by atoms with E-state index >= 15 is 0 Å². The number of aryl methyl sites for hydroxylation is 1. The Balaban J connectivity index is 3.13. The minimum Gasteiger partial charge on any atom is -0.243 e. The molecule has 0 aliphatic heterocycles. The molecule has 1 N–H and O–H groups in total. The predicted molar refractivity (Wildman–Crippen MR) is 59.0 cm³/mol. The minimum absolute atomic E-state index is 0.0972. The Kier molecular flexibility index (Phi) is 3.16. The van der Waals surface area contributed by atoms with Gasteiger partial charge in [-0.1, -0.05) is 6.07 Å². The van der Waals surface area contributed by atoms with Gasteiger partial charge in [0.15, 0.2) is 5.03 Å². The lowest BCUT2D eigenvalue weighted by molar-refractivity contribution is 0.489. The van der Waals surface area contributed by atoms with Crippen molar-refractivity contribution in [3.8, 4) is 0 Å². The topological polar surface area (TPSA) is 59.1 Å². The van der Waals surface area contributed by atoms with Gasteiger partial charge in [-0.2, -0.15) is 0 Å². The number of rotatable bonds is 2. The van der Waals surface area contributed by atoms with Gasteiger partial charge in [-0.05, 0) is 39.3 Å². The van der Waals surface area contributed by atoms with E-state index in [9.17, 15) is 8.42 Å². The van der Waals surface area contributed by atoms with E-state index in [1.807, 2.05) is 0 Å². The molecule has 1 aromatic heterocycles. The molecular weight excluding hydrogens is 212 g/mol. The average molecular weight is 228 g/mol. The summed E-state index contributed by atoms with van der Waals surface area (Å²) in [5, 5.41) is 0.0972. The third-order valence-corrected chi connectivity index (χ3v) is 3.47. The average Bonchev–Trinajstić information content (AvgIpc) is 1.99. The van der Waals surface area contributed by atoms with E-state index < -0.39 is 15.6 Å². The molecule has 0 saturated carbocycles. The first kappa shape index (κ1) is 12.1. The molecular formula is C10H16N2O2S. The second kappa shape index (κ2) is 3.90. The van der Waals surface area contributed by atoms with Crippen LogP contribution < -0.4 is 4.72 Å². The third kappa shape index (κ3) is 3.28. The third-order valence-electron chi connectivity index (χ3n) is 1.66. The van der Waals surface area contributed by atoms with Gasteiger partial charge >= 0.3 is 0 Å². The summed E-state index contributed by atoms with van der Waals surface area (Å²) in [5.74, 6) is 0. The van der Waals surface area contributed by atoms with Crippen LogP contribution in [0.1, 0.15) is 26.3 Å². The molecule has 0 unspecified atom stereocenters. The van der Waals surface area contributed by atoms with Gasteiger partial charge < -0.3 is 0 Å². The Morgan fingerprint density at radius 3 is 2.40 bits per heavy atom. The summed E-state index contributed by atoms with van der Waals surface area (Å²) in [6.07, 6.45) is 1.48. The second-order valence-electron chi connectivity index (χ2n) is 4.48. The molecule has 0 aromatic carbocycles. The fourth-order valence-corrected chi connectivity index (χ4v) is 2.80. The smallest absolute Gasteiger partial charge is 0.243 e. The Morgan fingerprint density at radius 1 is 1.33 bits per heavy atom. The van der Waals surface area contributed by atoms with Crippen LogP contribution in [0.5, 0.6) is 0 Å². The van der Waals surface area contributed by atoms with Gasteiger partial charge in [0.1, 0.15) is 0 Å². The highest BCUT2D eigenvalue weighted by Crippen LogP contribution is 2.13. The predicted octanol–water partition coefficient (Wildman–Crippen LogP) is 1.47. The molecule has 0 radical (unpaired) electrons. The highest BCUT2D eigenvalue weighted by molar-refractivity contribution is 7.89. The molecule has 0 aliphatic rings. The molecule has 0 fully saturated rings. The quantitative estimate of drug-likeness (QED) is 0.833. The number of hydrogen-bond acceptors (Lipinski definition) is 3. The first-order valence-corrected chi connectivity index (χ1v) is 6.16. The van der Waals surface area contributed by atoms with E-state index in [0.29, 0.717) is 5.56 Å². The lowest BCUT2D eigenvalue weighted by Crippen LogP contribution is -2.41. The second-order valence-corrected chi connectivity index (χ2v) is 6.08. The summed E-state index contributed by atoms with van der Waals surface area (Å²) in [6, 6.07) is 3.44. The van der Waals surface area contributed by atoms with Gasteiger partial charge in [-0.25, -0.2) is 18.1 Å². The molecule has 15 heavy (non-hydrogen) atoms. The zero-order valence-electron chi connectivity index (χ0n) is 9.40. The van der Waals surface area contributed by atoms with Crippen LogP contribution >= 0.6 is 0 Å². The molecule has 1 rings (SSSR count). The Morgan fingerprint density at radius 2 is 1.93 bits per heavy atom. The summed E-state index contributed by atoms with van der Waals surface area (Å²) in [5.41, 5.74) is 0.150. The standard InChI is InChI=1S/C10H16N2O2S/c1-8-6-5-7-11-9(8)15(13,14)12-10(2,3)4/h5-7,12H,1-4H3. The monoisotopic (exact) mass is 228 g/mol. The SMILES string of the molecule is Cc1cccnc1S(=O)(=O)NC(C)(C)C. The molecule has 0 amide bonds. The highest BCUT2D eigenvalue weighted by atomic mass is 32.2. The van der Waals surface area contributed by atoms with Crippen LogP contribution in [-0.4, -0.2) is 18.9 Å². The Labute approximate surface area is 90.8 Å². The van der Waals surface area contributed by atoms with Gasteiger partial charge in [-0.3, -0.25) is 0 Å². The van der Waals surface area contributed by atoms with Crippen molar-refractivity contribution in [2.24, 2.45) is 0 Å². The Hall–Kier alpha value is -0.940. The molecule has 1 heterocycles. The number of nitrogens with zero attached hydrogens (tertiary/aromatic N) is 1. The molecule has 0 spiro atoms. The van der Waals surface area contributed by atoms with Crippen LogP contribution in [0.2, 0.25) is 0 Å². The first-order valence-electron chi connectivity index (χ1n) is 4.68. The van der Waals surface area contributed by atoms with Crippen molar-refractivity contribution in [1.82, 2.24) is 9.71 Å². The lowest BCUT2D eigenvalue weighted by atomic mass is 10.1.